The number of hydrogen-bond donors (Lipinski definition) is 0. The van der Waals surface area contributed by atoms with Crippen molar-refractivity contribution in [3.8, 4) is 0 Å². The third-order valence-corrected chi connectivity index (χ3v) is 7.76. The summed E-state index contributed by atoms with van der Waals surface area (Å²) in [5.41, 5.74) is 1.52. The van der Waals surface area contributed by atoms with Gasteiger partial charge in [-0.05, 0) is 37.5 Å². The molecule has 9 heteroatoms. The Hall–Kier alpha value is -2.29. The first-order valence-electron chi connectivity index (χ1n) is 10.1. The average molecular weight is 444 g/mol. The van der Waals surface area contributed by atoms with Crippen LogP contribution in [-0.2, 0) is 10.0 Å². The smallest absolute Gasteiger partial charge is 0.245 e. The Kier molecular flexibility index (Phi) is 4.88. The SMILES string of the molecule is Cc1cnc2c(S(=O)(=O)N3CCN(c4cc(Cl)nc(C5CC5)n4)CC3)cccc2c1. The van der Waals surface area contributed by atoms with Gasteiger partial charge in [0, 0.05) is 49.7 Å². The first-order valence-corrected chi connectivity index (χ1v) is 11.9. The lowest BCUT2D eigenvalue weighted by molar-refractivity contribution is 0.384. The van der Waals surface area contributed by atoms with Crippen molar-refractivity contribution in [3.05, 3.63) is 53.1 Å². The molecule has 156 valence electrons. The lowest BCUT2D eigenvalue weighted by atomic mass is 10.2. The number of piperazine rings is 1. The summed E-state index contributed by atoms with van der Waals surface area (Å²) in [6.45, 7) is 3.80. The summed E-state index contributed by atoms with van der Waals surface area (Å²) >= 11 is 6.20. The Morgan fingerprint density at radius 1 is 1.07 bits per heavy atom. The van der Waals surface area contributed by atoms with E-state index < -0.39 is 10.0 Å². The second-order valence-corrected chi connectivity index (χ2v) is 10.2. The van der Waals surface area contributed by atoms with Crippen molar-refractivity contribution >= 4 is 38.3 Å². The zero-order valence-corrected chi connectivity index (χ0v) is 18.2. The molecule has 1 aliphatic heterocycles. The molecule has 5 rings (SSSR count). The van der Waals surface area contributed by atoms with Gasteiger partial charge in [0.2, 0.25) is 10.0 Å². The summed E-state index contributed by atoms with van der Waals surface area (Å²) in [5.74, 6) is 1.98. The first kappa shape index (κ1) is 19.7. The number of para-hydroxylation sites is 1. The third kappa shape index (κ3) is 3.64. The minimum absolute atomic E-state index is 0.259. The lowest BCUT2D eigenvalue weighted by Gasteiger charge is -2.34. The summed E-state index contributed by atoms with van der Waals surface area (Å²) in [4.78, 5) is 15.7. The number of rotatable bonds is 4. The summed E-state index contributed by atoms with van der Waals surface area (Å²) in [5, 5.41) is 1.27. The van der Waals surface area contributed by atoms with Crippen LogP contribution in [0.15, 0.2) is 41.4 Å². The van der Waals surface area contributed by atoms with Crippen LogP contribution in [0.3, 0.4) is 0 Å². The van der Waals surface area contributed by atoms with Crippen molar-refractivity contribution < 1.29 is 8.42 Å². The predicted octanol–water partition coefficient (Wildman–Crippen LogP) is 3.37. The van der Waals surface area contributed by atoms with Crippen LogP contribution >= 0.6 is 11.6 Å². The van der Waals surface area contributed by atoms with E-state index in [1.54, 1.807) is 24.4 Å². The van der Waals surface area contributed by atoms with Gasteiger partial charge in [-0.25, -0.2) is 18.4 Å². The van der Waals surface area contributed by atoms with Gasteiger partial charge < -0.3 is 4.90 Å². The number of nitrogens with zero attached hydrogens (tertiary/aromatic N) is 5. The van der Waals surface area contributed by atoms with E-state index in [1.807, 2.05) is 19.1 Å². The summed E-state index contributed by atoms with van der Waals surface area (Å²) in [7, 11) is -3.64. The molecule has 0 amide bonds. The number of pyridine rings is 1. The highest BCUT2D eigenvalue weighted by molar-refractivity contribution is 7.89. The zero-order valence-electron chi connectivity index (χ0n) is 16.6. The fourth-order valence-corrected chi connectivity index (χ4v) is 5.63. The highest BCUT2D eigenvalue weighted by Gasteiger charge is 2.32. The van der Waals surface area contributed by atoms with Crippen LogP contribution in [0, 0.1) is 6.92 Å². The van der Waals surface area contributed by atoms with Gasteiger partial charge in [0.1, 0.15) is 21.7 Å². The molecule has 2 fully saturated rings. The van der Waals surface area contributed by atoms with E-state index in [4.69, 9.17) is 11.6 Å². The minimum Gasteiger partial charge on any atom is -0.354 e. The molecule has 0 unspecified atom stereocenters. The van der Waals surface area contributed by atoms with E-state index in [1.165, 1.54) is 4.31 Å². The minimum atomic E-state index is -3.64. The van der Waals surface area contributed by atoms with Gasteiger partial charge in [-0.3, -0.25) is 4.98 Å². The molecule has 3 aromatic rings. The topological polar surface area (TPSA) is 79.3 Å². The van der Waals surface area contributed by atoms with Crippen molar-refractivity contribution in [2.24, 2.45) is 0 Å². The number of halogens is 1. The maximum absolute atomic E-state index is 13.4. The predicted molar refractivity (Wildman–Crippen MR) is 116 cm³/mol. The second kappa shape index (κ2) is 7.44. The molecule has 7 nitrogen and oxygen atoms in total. The largest absolute Gasteiger partial charge is 0.354 e. The zero-order chi connectivity index (χ0) is 20.9. The first-order chi connectivity index (χ1) is 14.4. The third-order valence-electron chi connectivity index (χ3n) is 5.63. The van der Waals surface area contributed by atoms with Crippen LogP contribution in [0.1, 0.15) is 30.1 Å². The van der Waals surface area contributed by atoms with Gasteiger partial charge in [0.05, 0.1) is 5.52 Å². The van der Waals surface area contributed by atoms with Crippen LogP contribution in [0.25, 0.3) is 10.9 Å². The molecule has 1 saturated carbocycles. The van der Waals surface area contributed by atoms with Crippen molar-refractivity contribution in [1.29, 1.82) is 0 Å². The van der Waals surface area contributed by atoms with Gasteiger partial charge in [-0.1, -0.05) is 23.7 Å². The normalized spacial score (nSPS) is 18.1. The molecule has 3 heterocycles. The van der Waals surface area contributed by atoms with E-state index in [9.17, 15) is 8.42 Å². The molecule has 2 aromatic heterocycles. The van der Waals surface area contributed by atoms with Gasteiger partial charge in [-0.2, -0.15) is 4.31 Å². The summed E-state index contributed by atoms with van der Waals surface area (Å²) in [6.07, 6.45) is 3.91. The van der Waals surface area contributed by atoms with Crippen LogP contribution < -0.4 is 4.90 Å². The molecule has 1 aliphatic carbocycles. The molecule has 0 bridgehead atoms. The monoisotopic (exact) mass is 443 g/mol. The summed E-state index contributed by atoms with van der Waals surface area (Å²) < 4.78 is 28.2. The van der Waals surface area contributed by atoms with Crippen LogP contribution in [0.2, 0.25) is 5.15 Å². The Bertz CT molecular complexity index is 1220. The van der Waals surface area contributed by atoms with Gasteiger partial charge >= 0.3 is 0 Å². The number of sulfonamides is 1. The molecule has 0 N–H and O–H groups in total. The van der Waals surface area contributed by atoms with Gasteiger partial charge in [-0.15, -0.1) is 0 Å². The van der Waals surface area contributed by atoms with E-state index >= 15 is 0 Å². The van der Waals surface area contributed by atoms with Gasteiger partial charge in [0.15, 0.2) is 0 Å². The molecule has 0 atom stereocenters. The Morgan fingerprint density at radius 2 is 1.83 bits per heavy atom. The average Bonchev–Trinajstić information content (AvgIpc) is 3.58. The second-order valence-electron chi connectivity index (χ2n) is 7.91. The lowest BCUT2D eigenvalue weighted by Crippen LogP contribution is -2.49. The maximum atomic E-state index is 13.4. The maximum Gasteiger partial charge on any atom is 0.245 e. The Balaban J connectivity index is 1.38. The number of hydrogen-bond acceptors (Lipinski definition) is 6. The fraction of sp³-hybridized carbons (Fsp3) is 0.381. The number of aryl methyl sites for hydroxylation is 1. The molecular weight excluding hydrogens is 422 g/mol. The van der Waals surface area contributed by atoms with Crippen LogP contribution in [0.5, 0.6) is 0 Å². The van der Waals surface area contributed by atoms with Crippen molar-refractivity contribution in [1.82, 2.24) is 19.3 Å². The number of anilines is 1. The summed E-state index contributed by atoms with van der Waals surface area (Å²) in [6, 6.07) is 9.01. The Labute approximate surface area is 180 Å². The van der Waals surface area contributed by atoms with Crippen LogP contribution in [-0.4, -0.2) is 53.9 Å². The molecule has 1 saturated heterocycles. The highest BCUT2D eigenvalue weighted by atomic mass is 35.5. The van der Waals surface area contributed by atoms with Crippen molar-refractivity contribution in [3.63, 3.8) is 0 Å². The number of fused-ring (bicyclic) bond motifs is 1. The highest BCUT2D eigenvalue weighted by Crippen LogP contribution is 2.39. The number of benzene rings is 1. The van der Waals surface area contributed by atoms with Crippen LogP contribution in [0.4, 0.5) is 5.82 Å². The molecule has 2 aliphatic rings. The molecule has 30 heavy (non-hydrogen) atoms. The Morgan fingerprint density at radius 3 is 2.57 bits per heavy atom. The van der Waals surface area contributed by atoms with E-state index in [0.717, 1.165) is 35.4 Å². The standard InChI is InChI=1S/C21H22ClN5O2S/c1-14-11-16-3-2-4-17(20(16)23-13-14)30(28,29)27-9-7-26(8-10-27)19-12-18(22)24-21(25-19)15-5-6-15/h2-4,11-13,15H,5-10H2,1H3. The molecule has 0 spiro atoms. The number of aromatic nitrogens is 3. The van der Waals surface area contributed by atoms with Gasteiger partial charge in [0.25, 0.3) is 0 Å². The molecule has 0 radical (unpaired) electrons. The van der Waals surface area contributed by atoms with Crippen molar-refractivity contribution in [2.75, 3.05) is 31.1 Å². The molecular formula is C21H22ClN5O2S. The quantitative estimate of drug-likeness (QED) is 0.575. The fourth-order valence-electron chi connectivity index (χ4n) is 3.86. The van der Waals surface area contributed by atoms with E-state index in [2.05, 4.69) is 19.9 Å². The van der Waals surface area contributed by atoms with E-state index in [0.29, 0.717) is 42.8 Å². The van der Waals surface area contributed by atoms with E-state index in [-0.39, 0.29) is 4.90 Å². The molecule has 1 aromatic carbocycles. The van der Waals surface area contributed by atoms with Crippen molar-refractivity contribution in [2.45, 2.75) is 30.6 Å².